The highest BCUT2D eigenvalue weighted by atomic mass is 32.2. The summed E-state index contributed by atoms with van der Waals surface area (Å²) in [5.41, 5.74) is 2.99. The highest BCUT2D eigenvalue weighted by Crippen LogP contribution is 2.22. The van der Waals surface area contributed by atoms with E-state index in [1.807, 2.05) is 36.4 Å². The van der Waals surface area contributed by atoms with E-state index < -0.39 is 10.0 Å². The van der Waals surface area contributed by atoms with Crippen LogP contribution in [0.5, 0.6) is 0 Å². The number of H-pyrrole nitrogens is 1. The zero-order valence-electron chi connectivity index (χ0n) is 13.8. The molecule has 0 aliphatic carbocycles. The van der Waals surface area contributed by atoms with E-state index in [0.29, 0.717) is 22.6 Å². The number of nitrogens with zero attached hydrogens (tertiary/aromatic N) is 2. The molecule has 0 aliphatic heterocycles. The van der Waals surface area contributed by atoms with E-state index in [2.05, 4.69) is 19.7 Å². The van der Waals surface area contributed by atoms with E-state index in [-0.39, 0.29) is 11.4 Å². The Balaban J connectivity index is 1.62. The van der Waals surface area contributed by atoms with Crippen LogP contribution in [0.2, 0.25) is 0 Å². The predicted octanol–water partition coefficient (Wildman–Crippen LogP) is 3.10. The third kappa shape index (κ3) is 3.35. The first-order chi connectivity index (χ1) is 12.6. The molecule has 0 fully saturated rings. The maximum absolute atomic E-state index is 12.6. The first-order valence-electron chi connectivity index (χ1n) is 8.07. The van der Waals surface area contributed by atoms with Gasteiger partial charge in [-0.3, -0.25) is 4.98 Å². The lowest BCUT2D eigenvalue weighted by molar-refractivity contribution is 0.580. The molecule has 26 heavy (non-hydrogen) atoms. The summed E-state index contributed by atoms with van der Waals surface area (Å²) in [7, 11) is -3.64. The number of benzene rings is 2. The third-order valence-corrected chi connectivity index (χ3v) is 5.38. The number of pyridine rings is 1. The van der Waals surface area contributed by atoms with Crippen LogP contribution in [-0.4, -0.2) is 23.4 Å². The molecule has 4 aromatic rings. The van der Waals surface area contributed by atoms with Crippen LogP contribution in [0, 0.1) is 0 Å². The Hall–Kier alpha value is -3.03. The monoisotopic (exact) mass is 364 g/mol. The summed E-state index contributed by atoms with van der Waals surface area (Å²) >= 11 is 0. The molecule has 0 aliphatic rings. The van der Waals surface area contributed by atoms with Crippen molar-refractivity contribution in [1.82, 2.24) is 19.7 Å². The van der Waals surface area contributed by atoms with Crippen LogP contribution in [0.3, 0.4) is 0 Å². The van der Waals surface area contributed by atoms with Crippen molar-refractivity contribution in [3.05, 3.63) is 78.6 Å². The van der Waals surface area contributed by atoms with E-state index in [9.17, 15) is 8.42 Å². The number of hydrogen-bond acceptors (Lipinski definition) is 4. The maximum Gasteiger partial charge on any atom is 0.240 e. The quantitative estimate of drug-likeness (QED) is 0.570. The molecule has 0 atom stereocenters. The molecule has 0 amide bonds. The Morgan fingerprint density at radius 3 is 2.54 bits per heavy atom. The zero-order valence-corrected chi connectivity index (χ0v) is 14.6. The predicted molar refractivity (Wildman–Crippen MR) is 99.8 cm³/mol. The topological polar surface area (TPSA) is 87.7 Å². The number of aromatic nitrogens is 3. The molecule has 0 spiro atoms. The summed E-state index contributed by atoms with van der Waals surface area (Å²) in [5.74, 6) is 0.705. The van der Waals surface area contributed by atoms with Gasteiger partial charge >= 0.3 is 0 Å². The Morgan fingerprint density at radius 2 is 1.77 bits per heavy atom. The number of nitrogens with one attached hydrogen (secondary N) is 2. The normalized spacial score (nSPS) is 11.7. The minimum Gasteiger partial charge on any atom is -0.338 e. The van der Waals surface area contributed by atoms with Crippen LogP contribution in [0.1, 0.15) is 5.69 Å². The summed E-state index contributed by atoms with van der Waals surface area (Å²) in [6.45, 7) is 0.138. The average molecular weight is 364 g/mol. The maximum atomic E-state index is 12.6. The van der Waals surface area contributed by atoms with Crippen LogP contribution in [0.25, 0.3) is 22.4 Å². The van der Waals surface area contributed by atoms with Gasteiger partial charge in [0, 0.05) is 11.8 Å². The standard InChI is InChI=1S/C19H16N4O2S/c24-26(25,21-13-15-8-4-5-11-20-15)16-9-10-17-18(12-16)23-19(22-17)14-6-2-1-3-7-14/h1-12,21H,13H2,(H,22,23). The van der Waals surface area contributed by atoms with Crippen LogP contribution in [0.15, 0.2) is 77.8 Å². The minimum absolute atomic E-state index is 0.138. The van der Waals surface area contributed by atoms with E-state index >= 15 is 0 Å². The molecule has 2 aromatic heterocycles. The lowest BCUT2D eigenvalue weighted by Crippen LogP contribution is -2.23. The molecule has 2 heterocycles. The number of aromatic amines is 1. The van der Waals surface area contributed by atoms with Gasteiger partial charge in [-0.2, -0.15) is 0 Å². The number of fused-ring (bicyclic) bond motifs is 1. The third-order valence-electron chi connectivity index (χ3n) is 3.98. The van der Waals surface area contributed by atoms with E-state index in [0.717, 1.165) is 5.56 Å². The molecule has 0 unspecified atom stereocenters. The van der Waals surface area contributed by atoms with Gasteiger partial charge in [-0.05, 0) is 30.3 Å². The molecule has 2 aromatic carbocycles. The van der Waals surface area contributed by atoms with Crippen molar-refractivity contribution in [1.29, 1.82) is 0 Å². The molecule has 4 rings (SSSR count). The highest BCUT2D eigenvalue weighted by Gasteiger charge is 2.16. The smallest absolute Gasteiger partial charge is 0.240 e. The summed E-state index contributed by atoms with van der Waals surface area (Å²) in [5, 5.41) is 0. The van der Waals surface area contributed by atoms with Crippen molar-refractivity contribution >= 4 is 21.1 Å². The van der Waals surface area contributed by atoms with Crippen molar-refractivity contribution in [3.8, 4) is 11.4 Å². The fraction of sp³-hybridized carbons (Fsp3) is 0.0526. The van der Waals surface area contributed by atoms with E-state index in [4.69, 9.17) is 0 Å². The van der Waals surface area contributed by atoms with Crippen molar-refractivity contribution < 1.29 is 8.42 Å². The van der Waals surface area contributed by atoms with Gasteiger partial charge < -0.3 is 4.98 Å². The fourth-order valence-electron chi connectivity index (χ4n) is 2.64. The number of hydrogen-bond donors (Lipinski definition) is 2. The molecule has 0 saturated carbocycles. The van der Waals surface area contributed by atoms with Crippen molar-refractivity contribution in [3.63, 3.8) is 0 Å². The van der Waals surface area contributed by atoms with Gasteiger partial charge in [0.05, 0.1) is 28.2 Å². The summed E-state index contributed by atoms with van der Waals surface area (Å²) in [4.78, 5) is 12.0. The lowest BCUT2D eigenvalue weighted by Gasteiger charge is -2.06. The van der Waals surface area contributed by atoms with Gasteiger partial charge in [0.2, 0.25) is 10.0 Å². The molecule has 0 saturated heterocycles. The van der Waals surface area contributed by atoms with E-state index in [1.54, 1.807) is 36.5 Å². The second kappa shape index (κ2) is 6.70. The van der Waals surface area contributed by atoms with Crippen molar-refractivity contribution in [2.75, 3.05) is 0 Å². The summed E-state index contributed by atoms with van der Waals surface area (Å²) in [6.07, 6.45) is 1.63. The van der Waals surface area contributed by atoms with Crippen LogP contribution < -0.4 is 4.72 Å². The molecular formula is C19H16N4O2S. The first-order valence-corrected chi connectivity index (χ1v) is 9.55. The van der Waals surface area contributed by atoms with Gasteiger partial charge in [-0.1, -0.05) is 36.4 Å². The fourth-order valence-corrected chi connectivity index (χ4v) is 3.67. The molecule has 6 nitrogen and oxygen atoms in total. The van der Waals surface area contributed by atoms with Gasteiger partial charge in [0.25, 0.3) is 0 Å². The molecular weight excluding hydrogens is 348 g/mol. The summed E-state index contributed by atoms with van der Waals surface area (Å²) in [6, 6.07) is 19.9. The molecule has 7 heteroatoms. The zero-order chi connectivity index (χ0) is 18.0. The minimum atomic E-state index is -3.64. The highest BCUT2D eigenvalue weighted by molar-refractivity contribution is 7.89. The van der Waals surface area contributed by atoms with Crippen LogP contribution in [0.4, 0.5) is 0 Å². The number of rotatable bonds is 5. The average Bonchev–Trinajstić information content (AvgIpc) is 3.11. The Kier molecular flexibility index (Phi) is 4.24. The molecule has 130 valence electrons. The number of imidazole rings is 1. The second-order valence-corrected chi connectivity index (χ2v) is 7.54. The Bertz CT molecular complexity index is 1140. The molecule has 0 radical (unpaired) electrons. The Morgan fingerprint density at radius 1 is 0.962 bits per heavy atom. The first kappa shape index (κ1) is 16.4. The second-order valence-electron chi connectivity index (χ2n) is 5.78. The molecule has 0 bridgehead atoms. The van der Waals surface area contributed by atoms with Gasteiger partial charge in [0.1, 0.15) is 5.82 Å². The number of sulfonamides is 1. The lowest BCUT2D eigenvalue weighted by atomic mass is 10.2. The SMILES string of the molecule is O=S(=O)(NCc1ccccn1)c1ccc2nc(-c3ccccc3)[nH]c2c1. The van der Waals surface area contributed by atoms with Crippen molar-refractivity contribution in [2.45, 2.75) is 11.4 Å². The Labute approximate surface area is 151 Å². The van der Waals surface area contributed by atoms with E-state index in [1.165, 1.54) is 0 Å². The van der Waals surface area contributed by atoms with Gasteiger partial charge in [0.15, 0.2) is 0 Å². The molecule has 2 N–H and O–H groups in total. The van der Waals surface area contributed by atoms with Gasteiger partial charge in [-0.25, -0.2) is 18.1 Å². The summed E-state index contributed by atoms with van der Waals surface area (Å²) < 4.78 is 27.7. The van der Waals surface area contributed by atoms with Crippen LogP contribution >= 0.6 is 0 Å². The van der Waals surface area contributed by atoms with Crippen molar-refractivity contribution in [2.24, 2.45) is 0 Å². The largest absolute Gasteiger partial charge is 0.338 e. The van der Waals surface area contributed by atoms with Crippen LogP contribution in [-0.2, 0) is 16.6 Å². The van der Waals surface area contributed by atoms with Gasteiger partial charge in [-0.15, -0.1) is 0 Å².